The molecule has 1 aliphatic heterocycles. The number of carbonyl (C=O) groups is 2. The summed E-state index contributed by atoms with van der Waals surface area (Å²) in [5.41, 5.74) is -0.443. The van der Waals surface area contributed by atoms with Crippen molar-refractivity contribution < 1.29 is 42.4 Å². The van der Waals surface area contributed by atoms with E-state index >= 15 is 0 Å². The Morgan fingerprint density at radius 1 is 0.895 bits per heavy atom. The van der Waals surface area contributed by atoms with Crippen LogP contribution in [-0.2, 0) is 9.59 Å². The number of ether oxygens (including phenoxy) is 4. The first-order valence-electron chi connectivity index (χ1n) is 11.5. The summed E-state index contributed by atoms with van der Waals surface area (Å²) in [6, 6.07) is 10.3. The van der Waals surface area contributed by atoms with Crippen LogP contribution in [0.2, 0.25) is 0 Å². The molecule has 0 aromatic heterocycles. The van der Waals surface area contributed by atoms with E-state index in [4.69, 9.17) is 18.9 Å². The van der Waals surface area contributed by atoms with Gasteiger partial charge in [-0.15, -0.1) is 0 Å². The van der Waals surface area contributed by atoms with Gasteiger partial charge in [0.1, 0.15) is 28.9 Å². The number of nitrogens with zero attached hydrogens (tertiary/aromatic N) is 1. The van der Waals surface area contributed by atoms with E-state index in [0.29, 0.717) is 17.2 Å². The molecule has 1 heterocycles. The fourth-order valence-corrected chi connectivity index (χ4v) is 4.34. The van der Waals surface area contributed by atoms with E-state index in [1.807, 2.05) is 0 Å². The van der Waals surface area contributed by atoms with Crippen molar-refractivity contribution in [1.29, 1.82) is 0 Å². The lowest BCUT2D eigenvalue weighted by Gasteiger charge is -2.26. The molecule has 1 unspecified atom stereocenters. The zero-order chi connectivity index (χ0) is 27.6. The van der Waals surface area contributed by atoms with Crippen LogP contribution in [0.3, 0.4) is 0 Å². The molecule has 0 aliphatic carbocycles. The van der Waals surface area contributed by atoms with Gasteiger partial charge in [0.05, 0.1) is 50.8 Å². The van der Waals surface area contributed by atoms with Crippen LogP contribution in [0.15, 0.2) is 60.2 Å². The Bertz CT molecular complexity index is 1440. The van der Waals surface area contributed by atoms with Gasteiger partial charge < -0.3 is 24.1 Å². The number of methoxy groups -OCH3 is 3. The smallest absolute Gasteiger partial charge is 0.300 e. The second kappa shape index (κ2) is 10.8. The number of halogens is 2. The van der Waals surface area contributed by atoms with Crippen molar-refractivity contribution in [2.24, 2.45) is 0 Å². The summed E-state index contributed by atoms with van der Waals surface area (Å²) in [5, 5.41) is 11.4. The molecule has 1 fully saturated rings. The zero-order valence-corrected chi connectivity index (χ0v) is 21.1. The van der Waals surface area contributed by atoms with Crippen molar-refractivity contribution in [3.63, 3.8) is 0 Å². The molecule has 10 heteroatoms. The van der Waals surface area contributed by atoms with E-state index in [2.05, 4.69) is 0 Å². The molecule has 0 saturated carbocycles. The summed E-state index contributed by atoms with van der Waals surface area (Å²) < 4.78 is 50.7. The van der Waals surface area contributed by atoms with Crippen LogP contribution >= 0.6 is 0 Å². The molecule has 0 bridgehead atoms. The summed E-state index contributed by atoms with van der Waals surface area (Å²) >= 11 is 0. The Hall–Kier alpha value is -4.60. The number of benzene rings is 3. The number of carbonyl (C=O) groups excluding carboxylic acids is 2. The lowest BCUT2D eigenvalue weighted by molar-refractivity contribution is -0.132. The monoisotopic (exact) mass is 525 g/mol. The molecule has 1 N–H and O–H groups in total. The summed E-state index contributed by atoms with van der Waals surface area (Å²) in [6.07, 6.45) is 0. The van der Waals surface area contributed by atoms with Crippen molar-refractivity contribution >= 4 is 23.1 Å². The molecular weight excluding hydrogens is 500 g/mol. The Labute approximate surface area is 217 Å². The van der Waals surface area contributed by atoms with Crippen LogP contribution in [0.4, 0.5) is 14.5 Å². The summed E-state index contributed by atoms with van der Waals surface area (Å²) in [5.74, 6) is -3.31. The van der Waals surface area contributed by atoms with Gasteiger partial charge >= 0.3 is 0 Å². The third-order valence-electron chi connectivity index (χ3n) is 6.08. The maximum atomic E-state index is 15.0. The number of ketones is 1. The molecule has 3 aromatic carbocycles. The molecule has 1 saturated heterocycles. The quantitative estimate of drug-likeness (QED) is 0.251. The minimum absolute atomic E-state index is 0.0922. The molecule has 38 heavy (non-hydrogen) atoms. The average Bonchev–Trinajstić information content (AvgIpc) is 3.19. The van der Waals surface area contributed by atoms with E-state index in [1.54, 1.807) is 19.1 Å². The first-order valence-corrected chi connectivity index (χ1v) is 11.5. The number of aliphatic hydroxyl groups is 1. The number of hydrogen-bond donors (Lipinski definition) is 1. The van der Waals surface area contributed by atoms with Crippen molar-refractivity contribution in [2.45, 2.75) is 13.0 Å². The molecule has 1 amide bonds. The zero-order valence-electron chi connectivity index (χ0n) is 21.1. The number of amides is 1. The highest BCUT2D eigenvalue weighted by molar-refractivity contribution is 6.51. The van der Waals surface area contributed by atoms with Gasteiger partial charge in [-0.25, -0.2) is 8.78 Å². The highest BCUT2D eigenvalue weighted by Crippen LogP contribution is 2.46. The standard InChI is InChI=1S/C28H25F2NO7/c1-5-38-23-12-15(6-11-21(23)36-3)25-24(26(32)18-9-8-17(35-2)14-22(18)37-4)27(33)28(34)31(25)20-13-16(29)7-10-19(20)30/h6-14,25,32H,5H2,1-4H3/b26-24+. The molecule has 0 radical (unpaired) electrons. The SMILES string of the molecule is CCOc1cc(C2/C(=C(\O)c3ccc(OC)cc3OC)C(=O)C(=O)N2c2cc(F)ccc2F)ccc1OC. The summed E-state index contributed by atoms with van der Waals surface area (Å²) in [7, 11) is 4.26. The Balaban J connectivity index is 2.02. The third-order valence-corrected chi connectivity index (χ3v) is 6.08. The van der Waals surface area contributed by atoms with Gasteiger partial charge in [0.15, 0.2) is 11.5 Å². The molecule has 0 spiro atoms. The van der Waals surface area contributed by atoms with Gasteiger partial charge in [-0.1, -0.05) is 6.07 Å². The number of aliphatic hydroxyl groups excluding tert-OH is 1. The molecule has 8 nitrogen and oxygen atoms in total. The second-order valence-corrected chi connectivity index (χ2v) is 8.17. The molecule has 3 aromatic rings. The van der Waals surface area contributed by atoms with E-state index < -0.39 is 40.8 Å². The maximum Gasteiger partial charge on any atom is 0.300 e. The first kappa shape index (κ1) is 26.5. The normalized spacial score (nSPS) is 16.5. The molecule has 4 rings (SSSR count). The fourth-order valence-electron chi connectivity index (χ4n) is 4.34. The molecule has 1 atom stereocenters. The fraction of sp³-hybridized carbons (Fsp3) is 0.214. The van der Waals surface area contributed by atoms with Crippen LogP contribution in [0, 0.1) is 11.6 Å². The van der Waals surface area contributed by atoms with E-state index in [1.165, 1.54) is 45.6 Å². The van der Waals surface area contributed by atoms with Gasteiger partial charge in [-0.05, 0) is 48.9 Å². The number of hydrogen-bond acceptors (Lipinski definition) is 7. The lowest BCUT2D eigenvalue weighted by Crippen LogP contribution is -2.30. The van der Waals surface area contributed by atoms with Gasteiger partial charge in [0.2, 0.25) is 0 Å². The molecule has 198 valence electrons. The predicted molar refractivity (Wildman–Crippen MR) is 135 cm³/mol. The Morgan fingerprint density at radius 2 is 1.63 bits per heavy atom. The minimum atomic E-state index is -1.34. The summed E-state index contributed by atoms with van der Waals surface area (Å²) in [6.45, 7) is 2.04. The Morgan fingerprint density at radius 3 is 2.29 bits per heavy atom. The van der Waals surface area contributed by atoms with E-state index in [9.17, 15) is 23.5 Å². The van der Waals surface area contributed by atoms with Gasteiger partial charge in [0.25, 0.3) is 11.7 Å². The number of Topliss-reactive ketones (excluding diaryl/α,β-unsaturated/α-hetero) is 1. The third kappa shape index (κ3) is 4.60. The van der Waals surface area contributed by atoms with Crippen molar-refractivity contribution in [1.82, 2.24) is 0 Å². The highest BCUT2D eigenvalue weighted by Gasteiger charge is 2.48. The second-order valence-electron chi connectivity index (χ2n) is 8.17. The van der Waals surface area contributed by atoms with Crippen LogP contribution in [0.1, 0.15) is 24.1 Å². The lowest BCUT2D eigenvalue weighted by atomic mass is 9.94. The van der Waals surface area contributed by atoms with Crippen LogP contribution < -0.4 is 23.8 Å². The van der Waals surface area contributed by atoms with E-state index in [-0.39, 0.29) is 29.1 Å². The van der Waals surface area contributed by atoms with Gasteiger partial charge in [-0.2, -0.15) is 0 Å². The number of anilines is 1. The minimum Gasteiger partial charge on any atom is -0.507 e. The van der Waals surface area contributed by atoms with Crippen molar-refractivity contribution in [3.05, 3.63) is 82.9 Å². The molecular formula is C28H25F2NO7. The van der Waals surface area contributed by atoms with Crippen molar-refractivity contribution in [3.8, 4) is 23.0 Å². The van der Waals surface area contributed by atoms with Gasteiger partial charge in [-0.3, -0.25) is 14.5 Å². The topological polar surface area (TPSA) is 94.5 Å². The average molecular weight is 526 g/mol. The predicted octanol–water partition coefficient (Wildman–Crippen LogP) is 5.02. The van der Waals surface area contributed by atoms with Crippen LogP contribution in [0.25, 0.3) is 5.76 Å². The van der Waals surface area contributed by atoms with Crippen molar-refractivity contribution in [2.75, 3.05) is 32.8 Å². The first-order chi connectivity index (χ1) is 18.2. The molecule has 1 aliphatic rings. The largest absolute Gasteiger partial charge is 0.507 e. The van der Waals surface area contributed by atoms with Crippen LogP contribution in [0.5, 0.6) is 23.0 Å². The number of rotatable bonds is 8. The Kier molecular flexibility index (Phi) is 7.52. The van der Waals surface area contributed by atoms with Crippen LogP contribution in [-0.4, -0.2) is 44.7 Å². The highest BCUT2D eigenvalue weighted by atomic mass is 19.1. The van der Waals surface area contributed by atoms with Gasteiger partial charge in [0, 0.05) is 12.1 Å². The summed E-state index contributed by atoms with van der Waals surface area (Å²) in [4.78, 5) is 27.5. The van der Waals surface area contributed by atoms with E-state index in [0.717, 1.165) is 23.1 Å². The maximum absolute atomic E-state index is 15.0.